The molecule has 2 N–H and O–H groups in total. The highest BCUT2D eigenvalue weighted by atomic mass is 32.2. The van der Waals surface area contributed by atoms with Crippen LogP contribution in [0.4, 0.5) is 5.69 Å². The lowest BCUT2D eigenvalue weighted by Gasteiger charge is -2.35. The second-order valence-corrected chi connectivity index (χ2v) is 11.1. The minimum Gasteiger partial charge on any atom is -0.352 e. The quantitative estimate of drug-likeness (QED) is 0.274. The van der Waals surface area contributed by atoms with E-state index >= 15 is 0 Å². The maximum absolute atomic E-state index is 13.7. The highest BCUT2D eigenvalue weighted by molar-refractivity contribution is 7.95. The Hall–Kier alpha value is -2.62. The number of rotatable bonds is 5. The van der Waals surface area contributed by atoms with E-state index < -0.39 is 16.7 Å². The van der Waals surface area contributed by atoms with E-state index in [1.165, 1.54) is 4.90 Å². The van der Waals surface area contributed by atoms with Gasteiger partial charge in [-0.1, -0.05) is 43.4 Å². The maximum atomic E-state index is 13.7. The molecular weight excluding hydrogens is 473 g/mol. The first-order chi connectivity index (χ1) is 17.2. The van der Waals surface area contributed by atoms with Gasteiger partial charge in [0.2, 0.25) is 11.8 Å². The van der Waals surface area contributed by atoms with E-state index in [4.69, 9.17) is 7.98 Å². The van der Waals surface area contributed by atoms with Gasteiger partial charge in [-0.05, 0) is 74.8 Å². The molecule has 2 fully saturated rings. The number of carbonyl (C=O) groups excluding carboxylic acids is 3. The molecule has 7 nitrogen and oxygen atoms in total. The van der Waals surface area contributed by atoms with Gasteiger partial charge in [0.1, 0.15) is 6.04 Å². The number of carbonyl (C=O) groups is 3. The van der Waals surface area contributed by atoms with Crippen LogP contribution in [0.5, 0.6) is 0 Å². The number of amides is 3. The number of anilines is 1. The molecule has 3 aliphatic heterocycles. The second kappa shape index (κ2) is 10.8. The summed E-state index contributed by atoms with van der Waals surface area (Å²) in [5.74, 6) is -0.697. The summed E-state index contributed by atoms with van der Waals surface area (Å²) in [6, 6.07) is 4.94. The van der Waals surface area contributed by atoms with E-state index in [1.54, 1.807) is 4.81 Å². The molecule has 0 saturated carbocycles. The molecule has 188 valence electrons. The van der Waals surface area contributed by atoms with Crippen molar-refractivity contribution in [3.8, 4) is 0 Å². The van der Waals surface area contributed by atoms with Crippen molar-refractivity contribution in [1.82, 2.24) is 10.1 Å². The monoisotopic (exact) mass is 505 g/mol. The lowest BCUT2D eigenvalue weighted by Crippen LogP contribution is -2.53. The van der Waals surface area contributed by atoms with Crippen molar-refractivity contribution in [2.24, 2.45) is 11.8 Å². The van der Waals surface area contributed by atoms with Gasteiger partial charge < -0.3 is 9.36 Å². The van der Waals surface area contributed by atoms with Gasteiger partial charge in [-0.3, -0.25) is 24.6 Å². The number of benzene rings is 1. The van der Waals surface area contributed by atoms with Gasteiger partial charge in [-0.25, -0.2) is 0 Å². The number of hydrogen-bond acceptors (Lipinski definition) is 6. The predicted octanol–water partition coefficient (Wildman–Crippen LogP) is 3.82. The Bertz CT molecular complexity index is 1150. The van der Waals surface area contributed by atoms with Crippen molar-refractivity contribution in [3.63, 3.8) is 0 Å². The zero-order valence-electron chi connectivity index (χ0n) is 20.9. The molecule has 36 heavy (non-hydrogen) atoms. The Balaban J connectivity index is 1.70. The SMILES string of the molecule is [B]N1CCC(/C=C/C=C2/C(=O)N(C3CCC(=O)NC3=O)c3cccc(/C=C\C)c32)C(C)C(C)(SO)C1. The summed E-state index contributed by atoms with van der Waals surface area (Å²) in [5.41, 5.74) is 2.87. The molecule has 4 rings (SSSR count). The van der Waals surface area contributed by atoms with Crippen LogP contribution in [0, 0.1) is 11.8 Å². The molecule has 9 heteroatoms. The van der Waals surface area contributed by atoms with Crippen LogP contribution in [0.2, 0.25) is 0 Å². The zero-order valence-corrected chi connectivity index (χ0v) is 21.8. The molecule has 4 unspecified atom stereocenters. The van der Waals surface area contributed by atoms with Crippen molar-refractivity contribution >= 4 is 55.1 Å². The van der Waals surface area contributed by atoms with Crippen LogP contribution in [0.1, 0.15) is 51.2 Å². The van der Waals surface area contributed by atoms with Gasteiger partial charge in [-0.15, -0.1) is 0 Å². The second-order valence-electron chi connectivity index (χ2n) is 9.96. The largest absolute Gasteiger partial charge is 0.352 e. The van der Waals surface area contributed by atoms with E-state index in [0.29, 0.717) is 30.8 Å². The molecular formula is C27H32BN3O4S. The molecule has 0 aliphatic carbocycles. The molecule has 2 saturated heterocycles. The molecule has 4 atom stereocenters. The van der Waals surface area contributed by atoms with E-state index in [2.05, 4.69) is 18.3 Å². The number of nitrogens with one attached hydrogen (secondary N) is 1. The van der Waals surface area contributed by atoms with Crippen LogP contribution in [0.15, 0.2) is 42.5 Å². The van der Waals surface area contributed by atoms with Gasteiger partial charge in [0, 0.05) is 24.1 Å². The first kappa shape index (κ1) is 26.4. The van der Waals surface area contributed by atoms with Crippen LogP contribution in [0.3, 0.4) is 0 Å². The summed E-state index contributed by atoms with van der Waals surface area (Å²) in [6.07, 6.45) is 11.0. The number of fused-ring (bicyclic) bond motifs is 1. The van der Waals surface area contributed by atoms with E-state index in [-0.39, 0.29) is 30.1 Å². The van der Waals surface area contributed by atoms with Gasteiger partial charge in [-0.2, -0.15) is 0 Å². The fourth-order valence-electron chi connectivity index (χ4n) is 5.42. The lowest BCUT2D eigenvalue weighted by atomic mass is 9.82. The van der Waals surface area contributed by atoms with Crippen LogP contribution < -0.4 is 10.2 Å². The van der Waals surface area contributed by atoms with Gasteiger partial charge in [0.15, 0.2) is 7.98 Å². The smallest absolute Gasteiger partial charge is 0.259 e. The molecule has 1 aromatic rings. The Morgan fingerprint density at radius 1 is 1.25 bits per heavy atom. The van der Waals surface area contributed by atoms with Gasteiger partial charge in [0.05, 0.1) is 10.4 Å². The van der Waals surface area contributed by atoms with Crippen molar-refractivity contribution in [2.75, 3.05) is 18.0 Å². The van der Waals surface area contributed by atoms with Gasteiger partial charge in [0.25, 0.3) is 5.91 Å². The number of hydrogen-bond donors (Lipinski definition) is 2. The number of allylic oxidation sites excluding steroid dienone is 4. The average Bonchev–Trinajstić information content (AvgIpc) is 3.06. The standard InChI is InChI=1S/C27H32BN3O4S/c1-4-7-19-9-6-11-21-24(19)20(26(34)31(21)22-12-13-23(32)29-25(22)33)10-5-8-18-14-15-30(28)16-27(3,36-35)17(18)2/h4-11,17-18,22,35H,12-16H2,1-3H3,(H,29,32,33)/b7-4-,8-5+,20-10+. The van der Waals surface area contributed by atoms with E-state index in [9.17, 15) is 18.9 Å². The first-order valence-corrected chi connectivity index (χ1v) is 13.1. The molecule has 0 aromatic heterocycles. The predicted molar refractivity (Wildman–Crippen MR) is 145 cm³/mol. The van der Waals surface area contributed by atoms with Crippen LogP contribution in [0.25, 0.3) is 11.6 Å². The van der Waals surface area contributed by atoms with Crippen LogP contribution in [-0.2, 0) is 14.4 Å². The summed E-state index contributed by atoms with van der Waals surface area (Å²) >= 11 is 0.850. The third-order valence-electron chi connectivity index (χ3n) is 7.62. The zero-order chi connectivity index (χ0) is 26.0. The van der Waals surface area contributed by atoms with Crippen LogP contribution >= 0.6 is 12.0 Å². The number of piperidine rings is 1. The summed E-state index contributed by atoms with van der Waals surface area (Å²) in [4.78, 5) is 41.4. The third kappa shape index (κ3) is 4.97. The van der Waals surface area contributed by atoms with Crippen molar-refractivity contribution < 1.29 is 18.9 Å². The summed E-state index contributed by atoms with van der Waals surface area (Å²) in [7, 11) is 6.12. The lowest BCUT2D eigenvalue weighted by molar-refractivity contribution is -0.135. The maximum Gasteiger partial charge on any atom is 0.259 e. The minimum atomic E-state index is -0.732. The fraction of sp³-hybridized carbons (Fsp3) is 0.444. The third-order valence-corrected chi connectivity index (χ3v) is 8.54. The van der Waals surface area contributed by atoms with Crippen LogP contribution in [-0.4, -0.2) is 58.9 Å². The topological polar surface area (TPSA) is 90.0 Å². The van der Waals surface area contributed by atoms with Crippen molar-refractivity contribution in [1.29, 1.82) is 0 Å². The minimum absolute atomic E-state index is 0.154. The van der Waals surface area contributed by atoms with E-state index in [1.807, 2.05) is 56.4 Å². The van der Waals surface area contributed by atoms with E-state index in [0.717, 1.165) is 29.6 Å². The molecule has 0 spiro atoms. The Morgan fingerprint density at radius 3 is 2.72 bits per heavy atom. The molecule has 3 amide bonds. The Labute approximate surface area is 218 Å². The fourth-order valence-corrected chi connectivity index (χ4v) is 5.99. The highest BCUT2D eigenvalue weighted by Gasteiger charge is 2.43. The molecule has 3 aliphatic rings. The first-order valence-electron chi connectivity index (χ1n) is 12.3. The molecule has 0 bridgehead atoms. The summed E-state index contributed by atoms with van der Waals surface area (Å²) in [6.45, 7) is 7.35. The average molecular weight is 505 g/mol. The van der Waals surface area contributed by atoms with Gasteiger partial charge >= 0.3 is 0 Å². The summed E-state index contributed by atoms with van der Waals surface area (Å²) < 4.78 is 9.57. The Morgan fingerprint density at radius 2 is 2.03 bits per heavy atom. The number of imide groups is 1. The normalized spacial score (nSPS) is 30.9. The van der Waals surface area contributed by atoms with Crippen molar-refractivity contribution in [3.05, 3.63) is 53.6 Å². The molecule has 3 heterocycles. The number of nitrogens with zero attached hydrogens (tertiary/aromatic N) is 2. The Kier molecular flexibility index (Phi) is 7.92. The molecule has 1 aromatic carbocycles. The molecule has 2 radical (unpaired) electrons. The summed E-state index contributed by atoms with van der Waals surface area (Å²) in [5, 5.41) is 2.37. The highest BCUT2D eigenvalue weighted by Crippen LogP contribution is 2.43. The van der Waals surface area contributed by atoms with Crippen molar-refractivity contribution in [2.45, 2.75) is 50.8 Å².